The minimum atomic E-state index is -9.89. The maximum Gasteiger partial charge on any atom is 0.435 e. The Kier molecular flexibility index (Phi) is 1.75. The minimum Gasteiger partial charge on any atom is -0.508 e. The third-order valence-electron chi connectivity index (χ3n) is 1.09. The number of phenols is 1. The lowest BCUT2D eigenvalue weighted by Crippen LogP contribution is -2.13. The number of hydrogen-bond donors (Lipinski definition) is 1. The van der Waals surface area contributed by atoms with Crippen molar-refractivity contribution < 1.29 is 28.7 Å². The molecule has 1 aromatic carbocycles. The lowest BCUT2D eigenvalue weighted by Gasteiger charge is -2.38. The van der Waals surface area contributed by atoms with Crippen molar-refractivity contribution >= 4 is 10.5 Å². The lowest BCUT2D eigenvalue weighted by molar-refractivity contribution is 0.243. The largest absolute Gasteiger partial charge is 0.508 e. The summed E-state index contributed by atoms with van der Waals surface area (Å²) in [5, 5.41) is 8.67. The Morgan fingerprint density at radius 2 is 1.36 bits per heavy atom. The Hall–Kier alpha value is -1.18. The van der Waals surface area contributed by atoms with Crippen LogP contribution in [0.5, 0.6) is 11.5 Å². The average Bonchev–Trinajstić information content (AvgIpc) is 1.88. The van der Waals surface area contributed by atoms with Crippen LogP contribution in [0.1, 0.15) is 0 Å². The van der Waals surface area contributed by atoms with Crippen LogP contribution in [-0.2, 0) is 0 Å². The summed E-state index contributed by atoms with van der Waals surface area (Å²) in [7, 11) is -9.89. The molecule has 0 atom stereocenters. The summed E-state index contributed by atoms with van der Waals surface area (Å²) in [5.74, 6) is -1.42. The van der Waals surface area contributed by atoms with Gasteiger partial charge in [-0.15, -0.1) is 0 Å². The fourth-order valence-corrected chi connectivity index (χ4v) is 1.16. The summed E-state index contributed by atoms with van der Waals surface area (Å²) in [5.41, 5.74) is 0. The average molecular weight is 236 g/mol. The Labute approximate surface area is 75.8 Å². The van der Waals surface area contributed by atoms with Crippen LogP contribution in [0.2, 0.25) is 0 Å². The molecule has 1 N–H and O–H groups in total. The number of aromatic hydroxyl groups is 1. The second kappa shape index (κ2) is 2.25. The number of halogens is 5. The smallest absolute Gasteiger partial charge is 0.435 e. The molecule has 0 aliphatic rings. The molecule has 0 heterocycles. The summed E-state index contributed by atoms with van der Waals surface area (Å²) < 4.78 is 61.3. The van der Waals surface area contributed by atoms with E-state index in [0.717, 1.165) is 12.1 Å². The summed E-state index contributed by atoms with van der Waals surface area (Å²) in [4.78, 5) is 0. The zero-order chi connectivity index (χ0) is 11.1. The summed E-state index contributed by atoms with van der Waals surface area (Å²) >= 11 is 0. The second-order valence-corrected chi connectivity index (χ2v) is 4.44. The second-order valence-electron chi connectivity index (χ2n) is 2.48. The molecule has 2 nitrogen and oxygen atoms in total. The van der Waals surface area contributed by atoms with Gasteiger partial charge in [0.1, 0.15) is 11.5 Å². The van der Waals surface area contributed by atoms with Crippen molar-refractivity contribution in [2.24, 2.45) is 0 Å². The molecule has 0 fully saturated rings. The van der Waals surface area contributed by atoms with Crippen molar-refractivity contribution in [3.8, 4) is 11.5 Å². The molecule has 0 saturated carbocycles. The highest BCUT2D eigenvalue weighted by molar-refractivity contribution is 8.42. The predicted octanol–water partition coefficient (Wildman–Crippen LogP) is 3.98. The Bertz CT molecular complexity index is 341. The molecule has 0 aromatic heterocycles. The highest BCUT2D eigenvalue weighted by Gasteiger charge is 2.67. The fraction of sp³-hybridized carbons (Fsp3) is 0. The number of rotatable bonds is 2. The summed E-state index contributed by atoms with van der Waals surface area (Å²) in [6, 6.07) is 2.79. The van der Waals surface area contributed by atoms with Crippen LogP contribution in [0, 0.1) is 0 Å². The van der Waals surface area contributed by atoms with Gasteiger partial charge in [0, 0.05) is 0 Å². The standard InChI is InChI=1S/C6H5F5O2S/c7-14(8,9,10,11)13-6-3-1-5(12)2-4-6/h1-4,12H. The van der Waals surface area contributed by atoms with Gasteiger partial charge in [-0.25, -0.2) is 0 Å². The van der Waals surface area contributed by atoms with Crippen LogP contribution in [-0.4, -0.2) is 5.11 Å². The topological polar surface area (TPSA) is 29.5 Å². The third kappa shape index (κ3) is 4.17. The van der Waals surface area contributed by atoms with Crippen LogP contribution in [0.4, 0.5) is 19.4 Å². The normalized spacial score (nSPS) is 16.9. The maximum atomic E-state index is 11.7. The highest BCUT2D eigenvalue weighted by atomic mass is 32.5. The van der Waals surface area contributed by atoms with Gasteiger partial charge in [-0.3, -0.25) is 0 Å². The SMILES string of the molecule is Oc1ccc(OS(F)(F)(F)(F)F)cc1. The Morgan fingerprint density at radius 1 is 0.929 bits per heavy atom. The van der Waals surface area contributed by atoms with Crippen LogP contribution < -0.4 is 4.18 Å². The van der Waals surface area contributed by atoms with E-state index in [1.165, 1.54) is 0 Å². The first kappa shape index (κ1) is 10.9. The van der Waals surface area contributed by atoms with Gasteiger partial charge in [0.25, 0.3) is 0 Å². The molecule has 0 radical (unpaired) electrons. The fourth-order valence-electron chi connectivity index (χ4n) is 0.684. The molecule has 0 amide bonds. The summed E-state index contributed by atoms with van der Waals surface area (Å²) in [6.45, 7) is 0. The molecule has 0 bridgehead atoms. The van der Waals surface area contributed by atoms with Crippen molar-refractivity contribution in [1.82, 2.24) is 0 Å². The van der Waals surface area contributed by atoms with E-state index in [0.29, 0.717) is 12.1 Å². The van der Waals surface area contributed by atoms with Crippen LogP contribution in [0.25, 0.3) is 0 Å². The highest BCUT2D eigenvalue weighted by Crippen LogP contribution is 2.97. The first-order valence-corrected chi connectivity index (χ1v) is 5.06. The predicted molar refractivity (Wildman–Crippen MR) is 41.9 cm³/mol. The summed E-state index contributed by atoms with van der Waals surface area (Å²) in [6.07, 6.45) is 0. The van der Waals surface area contributed by atoms with Crippen molar-refractivity contribution in [2.75, 3.05) is 0 Å². The van der Waals surface area contributed by atoms with E-state index in [2.05, 4.69) is 4.18 Å². The zero-order valence-corrected chi connectivity index (χ0v) is 7.28. The number of benzene rings is 1. The molecule has 1 rings (SSSR count). The van der Waals surface area contributed by atoms with E-state index in [-0.39, 0.29) is 5.75 Å². The van der Waals surface area contributed by atoms with Gasteiger partial charge < -0.3 is 9.29 Å². The Morgan fingerprint density at radius 3 is 1.71 bits per heavy atom. The molecule has 82 valence electrons. The molecule has 1 aromatic rings. The molecular formula is C6H5F5O2S. The monoisotopic (exact) mass is 236 g/mol. The van der Waals surface area contributed by atoms with E-state index in [1.807, 2.05) is 0 Å². The first-order valence-electron chi connectivity index (χ1n) is 3.19. The van der Waals surface area contributed by atoms with Crippen LogP contribution in [0.15, 0.2) is 24.3 Å². The third-order valence-corrected chi connectivity index (χ3v) is 1.60. The zero-order valence-electron chi connectivity index (χ0n) is 6.46. The van der Waals surface area contributed by atoms with Gasteiger partial charge in [0.05, 0.1) is 0 Å². The molecule has 14 heavy (non-hydrogen) atoms. The quantitative estimate of drug-likeness (QED) is 0.787. The van der Waals surface area contributed by atoms with Crippen molar-refractivity contribution in [3.05, 3.63) is 24.3 Å². The molecule has 0 spiro atoms. The van der Waals surface area contributed by atoms with E-state index >= 15 is 0 Å². The van der Waals surface area contributed by atoms with E-state index < -0.39 is 16.3 Å². The van der Waals surface area contributed by atoms with Gasteiger partial charge in [-0.05, 0) is 24.3 Å². The van der Waals surface area contributed by atoms with Gasteiger partial charge >= 0.3 is 10.5 Å². The number of phenolic OH excluding ortho intramolecular Hbond substituents is 1. The van der Waals surface area contributed by atoms with Crippen molar-refractivity contribution in [1.29, 1.82) is 0 Å². The first-order chi connectivity index (χ1) is 5.95. The van der Waals surface area contributed by atoms with Gasteiger partial charge in [0.2, 0.25) is 0 Å². The van der Waals surface area contributed by atoms with E-state index in [1.54, 1.807) is 0 Å². The molecule has 0 aliphatic carbocycles. The number of hydrogen-bond acceptors (Lipinski definition) is 2. The van der Waals surface area contributed by atoms with Crippen LogP contribution in [0.3, 0.4) is 0 Å². The molecule has 0 unspecified atom stereocenters. The van der Waals surface area contributed by atoms with Gasteiger partial charge in [-0.2, -0.15) is 0 Å². The Balaban J connectivity index is 2.97. The van der Waals surface area contributed by atoms with Gasteiger partial charge in [-0.1, -0.05) is 19.4 Å². The van der Waals surface area contributed by atoms with E-state index in [4.69, 9.17) is 5.11 Å². The molecule has 0 aliphatic heterocycles. The van der Waals surface area contributed by atoms with Crippen molar-refractivity contribution in [3.63, 3.8) is 0 Å². The maximum absolute atomic E-state index is 11.7. The molecular weight excluding hydrogens is 231 g/mol. The minimum absolute atomic E-state index is 0.348. The van der Waals surface area contributed by atoms with Gasteiger partial charge in [0.15, 0.2) is 0 Å². The lowest BCUT2D eigenvalue weighted by atomic mass is 10.3. The van der Waals surface area contributed by atoms with Crippen LogP contribution >= 0.6 is 10.5 Å². The molecule has 8 heteroatoms. The van der Waals surface area contributed by atoms with Crippen molar-refractivity contribution in [2.45, 2.75) is 0 Å². The molecule has 0 saturated heterocycles. The van der Waals surface area contributed by atoms with E-state index in [9.17, 15) is 19.4 Å².